The average molecular weight is 391 g/mol. The second kappa shape index (κ2) is 9.38. The molecule has 140 valence electrons. The molecule has 1 unspecified atom stereocenters. The van der Waals surface area contributed by atoms with Gasteiger partial charge in [-0.1, -0.05) is 49.2 Å². The van der Waals surface area contributed by atoms with E-state index < -0.39 is 26.2 Å². The molecular weight excluding hydrogens is 364 g/mol. The smallest absolute Gasteiger partial charge is 0.123 e. The minimum absolute atomic E-state index is 0.0917. The van der Waals surface area contributed by atoms with E-state index >= 15 is 0 Å². The van der Waals surface area contributed by atoms with Crippen molar-refractivity contribution in [1.29, 1.82) is 0 Å². The van der Waals surface area contributed by atoms with Gasteiger partial charge in [-0.15, -0.1) is 0 Å². The van der Waals surface area contributed by atoms with E-state index in [-0.39, 0.29) is 18.3 Å². The highest BCUT2D eigenvalue weighted by Crippen LogP contribution is 2.31. The molecule has 0 radical (unpaired) electrons. The maximum absolute atomic E-state index is 13.4. The predicted molar refractivity (Wildman–Crippen MR) is 108 cm³/mol. The van der Waals surface area contributed by atoms with E-state index in [0.717, 1.165) is 17.4 Å². The van der Waals surface area contributed by atoms with Gasteiger partial charge in [0, 0.05) is 16.2 Å². The van der Waals surface area contributed by atoms with Crippen molar-refractivity contribution >= 4 is 27.9 Å². The first kappa shape index (κ1) is 20.7. The number of aldehydes is 1. The topological polar surface area (TPSA) is 51.2 Å². The van der Waals surface area contributed by atoms with E-state index in [9.17, 15) is 13.2 Å². The molecule has 0 N–H and O–H groups in total. The summed E-state index contributed by atoms with van der Waals surface area (Å²) in [6.07, 6.45) is 1.09. The number of carbonyl (C=O) groups excluding carboxylic acids is 1. The van der Waals surface area contributed by atoms with E-state index in [2.05, 4.69) is 0 Å². The summed E-state index contributed by atoms with van der Waals surface area (Å²) >= 11 is 0. The quantitative estimate of drug-likeness (QED) is 0.628. The molecule has 2 aromatic rings. The molecule has 0 aromatic heterocycles. The van der Waals surface area contributed by atoms with Crippen LogP contribution < -0.4 is 0 Å². The second-order valence-electron chi connectivity index (χ2n) is 6.90. The summed E-state index contributed by atoms with van der Waals surface area (Å²) in [4.78, 5) is 12.5. The van der Waals surface area contributed by atoms with E-state index in [0.29, 0.717) is 9.79 Å². The minimum atomic E-state index is -1.48. The molecule has 0 saturated carbocycles. The van der Waals surface area contributed by atoms with Crippen molar-refractivity contribution < 1.29 is 13.2 Å². The standard InChI is InChI=1S/C21H26O3S2/c1-15(2)20(13-14-22)21(25(23)18-9-5-16(3)6-10-18)26(24)19-11-7-17(4)8-12-19/h5-12,14-15,20-21H,13H2,1-4H3/t20?,25-,26-/m0/s1. The van der Waals surface area contributed by atoms with Gasteiger partial charge in [-0.05, 0) is 49.9 Å². The summed E-state index contributed by atoms with van der Waals surface area (Å²) in [5.41, 5.74) is 2.16. The summed E-state index contributed by atoms with van der Waals surface area (Å²) < 4.78 is 26.1. The van der Waals surface area contributed by atoms with Crippen LogP contribution in [0.5, 0.6) is 0 Å². The lowest BCUT2D eigenvalue weighted by atomic mass is 9.95. The molecule has 0 aliphatic rings. The predicted octanol–water partition coefficient (Wildman–Crippen LogP) is 4.41. The summed E-state index contributed by atoms with van der Waals surface area (Å²) in [7, 11) is -2.95. The Morgan fingerprint density at radius 2 is 1.19 bits per heavy atom. The van der Waals surface area contributed by atoms with Gasteiger partial charge in [0.25, 0.3) is 0 Å². The lowest BCUT2D eigenvalue weighted by Crippen LogP contribution is -2.34. The Balaban J connectivity index is 2.48. The molecule has 3 atom stereocenters. The van der Waals surface area contributed by atoms with Crippen molar-refractivity contribution in [2.75, 3.05) is 0 Å². The third kappa shape index (κ3) is 4.98. The van der Waals surface area contributed by atoms with Crippen molar-refractivity contribution in [3.8, 4) is 0 Å². The van der Waals surface area contributed by atoms with Crippen LogP contribution in [0, 0.1) is 25.7 Å². The van der Waals surface area contributed by atoms with Crippen molar-refractivity contribution in [3.63, 3.8) is 0 Å². The van der Waals surface area contributed by atoms with Gasteiger partial charge in [0.2, 0.25) is 0 Å². The van der Waals surface area contributed by atoms with Crippen LogP contribution >= 0.6 is 0 Å². The zero-order valence-electron chi connectivity index (χ0n) is 15.7. The first-order valence-electron chi connectivity index (χ1n) is 8.73. The number of carbonyl (C=O) groups is 1. The molecule has 2 aromatic carbocycles. The number of hydrogen-bond acceptors (Lipinski definition) is 3. The summed E-state index contributed by atoms with van der Waals surface area (Å²) in [5, 5.41) is 0. The highest BCUT2D eigenvalue weighted by atomic mass is 32.2. The SMILES string of the molecule is Cc1ccc([S@](=O)C(C(CC=O)C(C)C)[S@@](=O)c2ccc(C)cc2)cc1. The molecule has 0 saturated heterocycles. The maximum atomic E-state index is 13.4. The largest absolute Gasteiger partial charge is 0.303 e. The Morgan fingerprint density at radius 1 is 0.808 bits per heavy atom. The van der Waals surface area contributed by atoms with Crippen molar-refractivity contribution in [3.05, 3.63) is 59.7 Å². The molecule has 0 aliphatic heterocycles. The van der Waals surface area contributed by atoms with E-state index in [4.69, 9.17) is 0 Å². The van der Waals surface area contributed by atoms with Gasteiger partial charge in [0.05, 0.1) is 21.6 Å². The van der Waals surface area contributed by atoms with Gasteiger partial charge < -0.3 is 4.79 Å². The second-order valence-corrected chi connectivity index (χ2v) is 10.3. The van der Waals surface area contributed by atoms with Gasteiger partial charge >= 0.3 is 0 Å². The Labute approximate surface area is 161 Å². The fraction of sp³-hybridized carbons (Fsp3) is 0.381. The number of benzene rings is 2. The van der Waals surface area contributed by atoms with E-state index in [1.165, 1.54) is 0 Å². The Hall–Kier alpha value is -1.59. The monoisotopic (exact) mass is 390 g/mol. The summed E-state index contributed by atoms with van der Waals surface area (Å²) in [6, 6.07) is 14.9. The fourth-order valence-corrected chi connectivity index (χ4v) is 6.95. The lowest BCUT2D eigenvalue weighted by Gasteiger charge is -2.28. The molecule has 0 fully saturated rings. The van der Waals surface area contributed by atoms with Crippen LogP contribution in [0.15, 0.2) is 58.3 Å². The summed E-state index contributed by atoms with van der Waals surface area (Å²) in [6.45, 7) is 7.91. The molecule has 3 nitrogen and oxygen atoms in total. The number of hydrogen-bond donors (Lipinski definition) is 0. The molecule has 2 rings (SSSR count). The average Bonchev–Trinajstić information content (AvgIpc) is 2.62. The molecule has 0 spiro atoms. The van der Waals surface area contributed by atoms with E-state index in [1.807, 2.05) is 76.2 Å². The molecule has 0 heterocycles. The van der Waals surface area contributed by atoms with Crippen LogP contribution in [0.25, 0.3) is 0 Å². The Morgan fingerprint density at radius 3 is 1.50 bits per heavy atom. The third-order valence-corrected chi connectivity index (χ3v) is 8.57. The molecular formula is C21H26O3S2. The number of rotatable bonds is 8. The zero-order chi connectivity index (χ0) is 19.3. The minimum Gasteiger partial charge on any atom is -0.303 e. The van der Waals surface area contributed by atoms with Crippen LogP contribution in [-0.2, 0) is 26.4 Å². The molecule has 5 heteroatoms. The highest BCUT2D eigenvalue weighted by Gasteiger charge is 2.35. The Bertz CT molecular complexity index is 722. The van der Waals surface area contributed by atoms with Crippen LogP contribution in [0.3, 0.4) is 0 Å². The van der Waals surface area contributed by atoms with Crippen molar-refractivity contribution in [2.45, 2.75) is 48.5 Å². The van der Waals surface area contributed by atoms with Crippen LogP contribution in [0.2, 0.25) is 0 Å². The molecule has 0 bridgehead atoms. The third-order valence-electron chi connectivity index (χ3n) is 4.50. The zero-order valence-corrected chi connectivity index (χ0v) is 17.3. The van der Waals surface area contributed by atoms with Gasteiger partial charge in [-0.2, -0.15) is 0 Å². The van der Waals surface area contributed by atoms with E-state index in [1.54, 1.807) is 0 Å². The van der Waals surface area contributed by atoms with Gasteiger partial charge in [0.15, 0.2) is 0 Å². The first-order valence-corrected chi connectivity index (χ1v) is 11.2. The Kier molecular flexibility index (Phi) is 7.47. The van der Waals surface area contributed by atoms with Gasteiger partial charge in [0.1, 0.15) is 10.9 Å². The summed E-state index contributed by atoms with van der Waals surface area (Å²) in [5.74, 6) is -0.134. The highest BCUT2D eigenvalue weighted by molar-refractivity contribution is 8.03. The first-order chi connectivity index (χ1) is 12.3. The van der Waals surface area contributed by atoms with Crippen LogP contribution in [0.4, 0.5) is 0 Å². The normalized spacial score (nSPS) is 15.0. The fourth-order valence-electron chi connectivity index (χ4n) is 2.82. The van der Waals surface area contributed by atoms with Gasteiger partial charge in [-0.3, -0.25) is 8.42 Å². The maximum Gasteiger partial charge on any atom is 0.123 e. The van der Waals surface area contributed by atoms with Crippen LogP contribution in [-0.4, -0.2) is 19.3 Å². The molecule has 26 heavy (non-hydrogen) atoms. The van der Waals surface area contributed by atoms with Crippen LogP contribution in [0.1, 0.15) is 31.4 Å². The number of aryl methyl sites for hydroxylation is 2. The molecule has 0 aliphatic carbocycles. The lowest BCUT2D eigenvalue weighted by molar-refractivity contribution is -0.108. The molecule has 0 amide bonds. The van der Waals surface area contributed by atoms with Gasteiger partial charge in [-0.25, -0.2) is 0 Å². The van der Waals surface area contributed by atoms with Crippen molar-refractivity contribution in [2.24, 2.45) is 11.8 Å². The van der Waals surface area contributed by atoms with Crippen molar-refractivity contribution in [1.82, 2.24) is 0 Å².